The number of ketones is 1. The molecular formula is C28H24N2O5S. The van der Waals surface area contributed by atoms with Crippen LogP contribution in [0.1, 0.15) is 29.7 Å². The molecule has 1 aliphatic rings. The Morgan fingerprint density at radius 2 is 1.72 bits per heavy atom. The van der Waals surface area contributed by atoms with Gasteiger partial charge in [-0.1, -0.05) is 29.5 Å². The Morgan fingerprint density at radius 3 is 2.39 bits per heavy atom. The Hall–Kier alpha value is -4.17. The number of thiazole rings is 1. The van der Waals surface area contributed by atoms with E-state index in [9.17, 15) is 14.7 Å². The van der Waals surface area contributed by atoms with Gasteiger partial charge in [-0.05, 0) is 73.5 Å². The van der Waals surface area contributed by atoms with Crippen LogP contribution in [0.5, 0.6) is 11.5 Å². The highest BCUT2D eigenvalue weighted by Crippen LogP contribution is 2.44. The molecule has 1 amide bonds. The average Bonchev–Trinajstić information content (AvgIpc) is 3.42. The number of ether oxygens (including phenoxy) is 2. The van der Waals surface area contributed by atoms with Crippen LogP contribution in [0.3, 0.4) is 0 Å². The molecule has 1 N–H and O–H groups in total. The minimum absolute atomic E-state index is 0.00441. The normalized spacial score (nSPS) is 17.1. The van der Waals surface area contributed by atoms with Crippen LogP contribution >= 0.6 is 11.3 Å². The van der Waals surface area contributed by atoms with Gasteiger partial charge in [0.15, 0.2) is 5.13 Å². The Bertz CT molecular complexity index is 1490. The van der Waals surface area contributed by atoms with Gasteiger partial charge in [0, 0.05) is 5.56 Å². The molecule has 7 nitrogen and oxygen atoms in total. The standard InChI is InChI=1S/C28H24N2O5S/c1-4-35-20-12-6-17(7-13-20)24-23(25(31)18-8-10-19(34-3)11-9-18)26(32)27(33)30(24)28-29-21-14-5-16(2)15-22(21)36-28/h5-15,24,31H,4H2,1-3H3/b25-23+. The molecule has 1 atom stereocenters. The summed E-state index contributed by atoms with van der Waals surface area (Å²) in [5, 5.41) is 11.7. The highest BCUT2D eigenvalue weighted by Gasteiger charge is 2.48. The van der Waals surface area contributed by atoms with Crippen LogP contribution in [0.25, 0.3) is 16.0 Å². The number of aliphatic hydroxyl groups excluding tert-OH is 1. The molecule has 8 heteroatoms. The smallest absolute Gasteiger partial charge is 0.301 e. The summed E-state index contributed by atoms with van der Waals surface area (Å²) in [6.07, 6.45) is 0. The number of hydrogen-bond acceptors (Lipinski definition) is 7. The van der Waals surface area contributed by atoms with Crippen molar-refractivity contribution >= 4 is 44.1 Å². The molecule has 1 aromatic heterocycles. The summed E-state index contributed by atoms with van der Waals surface area (Å²) in [5.74, 6) is -0.477. The SMILES string of the molecule is CCOc1ccc(C2/C(=C(\O)c3ccc(OC)cc3)C(=O)C(=O)N2c2nc3ccc(C)cc3s2)cc1. The first-order valence-electron chi connectivity index (χ1n) is 11.5. The van der Waals surface area contributed by atoms with E-state index in [0.717, 1.165) is 15.8 Å². The summed E-state index contributed by atoms with van der Waals surface area (Å²) < 4.78 is 11.7. The number of amides is 1. The van der Waals surface area contributed by atoms with Crippen LogP contribution in [-0.4, -0.2) is 35.5 Å². The second kappa shape index (κ2) is 9.47. The molecule has 0 spiro atoms. The van der Waals surface area contributed by atoms with Gasteiger partial charge in [0.05, 0.1) is 35.5 Å². The number of hydrogen-bond donors (Lipinski definition) is 1. The maximum absolute atomic E-state index is 13.4. The molecular weight excluding hydrogens is 476 g/mol. The molecule has 0 radical (unpaired) electrons. The molecule has 1 aliphatic heterocycles. The van der Waals surface area contributed by atoms with Gasteiger partial charge in [-0.2, -0.15) is 0 Å². The number of aliphatic hydroxyl groups is 1. The van der Waals surface area contributed by atoms with Crippen molar-refractivity contribution < 1.29 is 24.2 Å². The van der Waals surface area contributed by atoms with Gasteiger partial charge in [0.25, 0.3) is 5.78 Å². The minimum Gasteiger partial charge on any atom is -0.507 e. The van der Waals surface area contributed by atoms with Crippen LogP contribution in [-0.2, 0) is 9.59 Å². The number of fused-ring (bicyclic) bond motifs is 1. The molecule has 0 bridgehead atoms. The van der Waals surface area contributed by atoms with Crippen molar-refractivity contribution in [2.75, 3.05) is 18.6 Å². The highest BCUT2D eigenvalue weighted by molar-refractivity contribution is 7.22. The largest absolute Gasteiger partial charge is 0.507 e. The summed E-state index contributed by atoms with van der Waals surface area (Å²) in [4.78, 5) is 32.8. The Morgan fingerprint density at radius 1 is 1.03 bits per heavy atom. The number of carbonyl (C=O) groups is 2. The van der Waals surface area contributed by atoms with Gasteiger partial charge in [-0.3, -0.25) is 14.5 Å². The first-order valence-corrected chi connectivity index (χ1v) is 12.3. The maximum atomic E-state index is 13.4. The maximum Gasteiger partial charge on any atom is 0.301 e. The molecule has 1 unspecified atom stereocenters. The third kappa shape index (κ3) is 4.09. The van der Waals surface area contributed by atoms with Gasteiger partial charge in [0.2, 0.25) is 0 Å². The van der Waals surface area contributed by atoms with E-state index in [-0.39, 0.29) is 11.3 Å². The van der Waals surface area contributed by atoms with E-state index < -0.39 is 17.7 Å². The van der Waals surface area contributed by atoms with E-state index in [4.69, 9.17) is 9.47 Å². The van der Waals surface area contributed by atoms with Crippen LogP contribution < -0.4 is 14.4 Å². The number of aromatic nitrogens is 1. The first-order chi connectivity index (χ1) is 17.4. The zero-order valence-corrected chi connectivity index (χ0v) is 20.8. The summed E-state index contributed by atoms with van der Waals surface area (Å²) in [7, 11) is 1.55. The first kappa shape index (κ1) is 23.6. The van der Waals surface area contributed by atoms with Crippen molar-refractivity contribution in [3.05, 3.63) is 89.0 Å². The predicted molar refractivity (Wildman–Crippen MR) is 140 cm³/mol. The van der Waals surface area contributed by atoms with Crippen molar-refractivity contribution in [1.82, 2.24) is 4.98 Å². The van der Waals surface area contributed by atoms with Gasteiger partial charge < -0.3 is 14.6 Å². The van der Waals surface area contributed by atoms with E-state index in [2.05, 4.69) is 4.98 Å². The number of benzene rings is 3. The summed E-state index contributed by atoms with van der Waals surface area (Å²) in [5.41, 5.74) is 2.88. The number of aryl methyl sites for hydroxylation is 1. The van der Waals surface area contributed by atoms with Gasteiger partial charge in [-0.15, -0.1) is 0 Å². The second-order valence-corrected chi connectivity index (χ2v) is 9.38. The van der Waals surface area contributed by atoms with Crippen LogP contribution in [0.2, 0.25) is 0 Å². The number of nitrogens with zero attached hydrogens (tertiary/aromatic N) is 2. The van der Waals surface area contributed by atoms with E-state index >= 15 is 0 Å². The molecule has 1 fully saturated rings. The van der Waals surface area contributed by atoms with Crippen molar-refractivity contribution in [3.63, 3.8) is 0 Å². The van der Waals surface area contributed by atoms with Crippen molar-refractivity contribution in [1.29, 1.82) is 0 Å². The van der Waals surface area contributed by atoms with Gasteiger partial charge in [0.1, 0.15) is 17.3 Å². The average molecular weight is 501 g/mol. The Labute approximate surface area is 212 Å². The third-order valence-electron chi connectivity index (χ3n) is 6.05. The number of anilines is 1. The topological polar surface area (TPSA) is 89.0 Å². The molecule has 3 aromatic carbocycles. The molecule has 1 saturated heterocycles. The van der Waals surface area contributed by atoms with Crippen molar-refractivity contribution in [2.24, 2.45) is 0 Å². The number of rotatable bonds is 6. The lowest BCUT2D eigenvalue weighted by molar-refractivity contribution is -0.132. The molecule has 182 valence electrons. The lowest BCUT2D eigenvalue weighted by atomic mass is 9.95. The zero-order chi connectivity index (χ0) is 25.4. The van der Waals surface area contributed by atoms with Crippen molar-refractivity contribution in [2.45, 2.75) is 19.9 Å². The minimum atomic E-state index is -0.857. The second-order valence-electron chi connectivity index (χ2n) is 8.37. The number of methoxy groups -OCH3 is 1. The van der Waals surface area contributed by atoms with Crippen LogP contribution in [0.4, 0.5) is 5.13 Å². The van der Waals surface area contributed by atoms with Gasteiger partial charge in [-0.25, -0.2) is 4.98 Å². The molecule has 5 rings (SSSR count). The van der Waals surface area contributed by atoms with E-state index in [1.807, 2.05) is 32.0 Å². The van der Waals surface area contributed by atoms with Crippen molar-refractivity contribution in [3.8, 4) is 11.5 Å². The van der Waals surface area contributed by atoms with Crippen LogP contribution in [0.15, 0.2) is 72.3 Å². The number of Topliss-reactive ketones (excluding diaryl/α,β-unsaturated/α-hetero) is 1. The highest BCUT2D eigenvalue weighted by atomic mass is 32.1. The van der Waals surface area contributed by atoms with E-state index in [1.54, 1.807) is 55.6 Å². The number of carbonyl (C=O) groups excluding carboxylic acids is 2. The van der Waals surface area contributed by atoms with Gasteiger partial charge >= 0.3 is 5.91 Å². The lowest BCUT2D eigenvalue weighted by Gasteiger charge is -2.23. The fraction of sp³-hybridized carbons (Fsp3) is 0.179. The predicted octanol–water partition coefficient (Wildman–Crippen LogP) is 5.64. The zero-order valence-electron chi connectivity index (χ0n) is 20.0. The van der Waals surface area contributed by atoms with E-state index in [0.29, 0.717) is 34.4 Å². The van der Waals surface area contributed by atoms with E-state index in [1.165, 1.54) is 16.2 Å². The third-order valence-corrected chi connectivity index (χ3v) is 7.07. The fourth-order valence-electron chi connectivity index (χ4n) is 4.29. The quantitative estimate of drug-likeness (QED) is 0.209. The summed E-state index contributed by atoms with van der Waals surface area (Å²) >= 11 is 1.33. The summed E-state index contributed by atoms with van der Waals surface area (Å²) in [6.45, 7) is 4.40. The molecule has 36 heavy (non-hydrogen) atoms. The lowest BCUT2D eigenvalue weighted by Crippen LogP contribution is -2.29. The monoisotopic (exact) mass is 500 g/mol. The Balaban J connectivity index is 1.68. The summed E-state index contributed by atoms with van der Waals surface area (Å²) in [6, 6.07) is 18.8. The fourth-order valence-corrected chi connectivity index (χ4v) is 5.38. The molecule has 2 heterocycles. The Kier molecular flexibility index (Phi) is 6.20. The molecule has 0 saturated carbocycles. The molecule has 0 aliphatic carbocycles. The molecule has 4 aromatic rings. The van der Waals surface area contributed by atoms with Crippen LogP contribution in [0, 0.1) is 6.92 Å².